The van der Waals surface area contributed by atoms with Gasteiger partial charge in [0.15, 0.2) is 0 Å². The Balaban J connectivity index is 1.72. The summed E-state index contributed by atoms with van der Waals surface area (Å²) in [4.78, 5) is 0.0803. The number of benzene rings is 2. The summed E-state index contributed by atoms with van der Waals surface area (Å²) in [5, 5.41) is 0.204. The second kappa shape index (κ2) is 6.58. The van der Waals surface area contributed by atoms with E-state index in [1.165, 1.54) is 6.07 Å². The van der Waals surface area contributed by atoms with Crippen molar-refractivity contribution >= 4 is 21.6 Å². The second-order valence-corrected chi connectivity index (χ2v) is 7.11. The van der Waals surface area contributed by atoms with E-state index in [1.807, 2.05) is 30.3 Å². The van der Waals surface area contributed by atoms with Gasteiger partial charge in [-0.15, -0.1) is 0 Å². The van der Waals surface area contributed by atoms with E-state index in [1.54, 1.807) is 30.7 Å². The van der Waals surface area contributed by atoms with Gasteiger partial charge in [0.2, 0.25) is 10.0 Å². The van der Waals surface area contributed by atoms with Crippen LogP contribution in [0.3, 0.4) is 0 Å². The lowest BCUT2D eigenvalue weighted by Crippen LogP contribution is -2.23. The van der Waals surface area contributed by atoms with Crippen molar-refractivity contribution in [1.82, 2.24) is 4.72 Å². The number of rotatable bonds is 5. The fourth-order valence-corrected chi connectivity index (χ4v) is 3.70. The first-order valence-corrected chi connectivity index (χ1v) is 8.78. The van der Waals surface area contributed by atoms with Gasteiger partial charge in [0.05, 0.1) is 17.5 Å². The van der Waals surface area contributed by atoms with Crippen LogP contribution >= 0.6 is 11.6 Å². The third-order valence-corrected chi connectivity index (χ3v) is 5.30. The molecule has 118 valence electrons. The van der Waals surface area contributed by atoms with Crippen LogP contribution in [-0.4, -0.2) is 8.42 Å². The number of halogens is 1. The lowest BCUT2D eigenvalue weighted by atomic mass is 10.1. The fraction of sp³-hybridized carbons (Fsp3) is 0.0588. The Kier molecular flexibility index (Phi) is 4.52. The van der Waals surface area contributed by atoms with Crippen molar-refractivity contribution in [2.75, 3.05) is 0 Å². The summed E-state index contributed by atoms with van der Waals surface area (Å²) in [7, 11) is -3.64. The van der Waals surface area contributed by atoms with Gasteiger partial charge in [-0.25, -0.2) is 13.1 Å². The molecule has 3 rings (SSSR count). The van der Waals surface area contributed by atoms with E-state index in [-0.39, 0.29) is 16.5 Å². The molecule has 0 bridgehead atoms. The van der Waals surface area contributed by atoms with Gasteiger partial charge in [-0.3, -0.25) is 0 Å². The van der Waals surface area contributed by atoms with Crippen LogP contribution in [0.4, 0.5) is 0 Å². The Hall–Kier alpha value is -2.08. The van der Waals surface area contributed by atoms with Crippen molar-refractivity contribution in [3.8, 4) is 11.1 Å². The molecule has 0 radical (unpaired) electrons. The van der Waals surface area contributed by atoms with Gasteiger partial charge in [-0.05, 0) is 29.3 Å². The topological polar surface area (TPSA) is 59.3 Å². The molecule has 0 aliphatic heterocycles. The summed E-state index contributed by atoms with van der Waals surface area (Å²) in [6.07, 6.45) is 3.27. The number of nitrogens with one attached hydrogen (secondary N) is 1. The standard InChI is InChI=1S/C17H14ClNO3S/c18-16-3-1-2-4-17(16)23(20,21)19-11-13-5-7-14(8-6-13)15-9-10-22-12-15/h1-10,12,19H,11H2. The highest BCUT2D eigenvalue weighted by molar-refractivity contribution is 7.89. The molecule has 0 aliphatic carbocycles. The van der Waals surface area contributed by atoms with Crippen LogP contribution in [0.15, 0.2) is 76.4 Å². The van der Waals surface area contributed by atoms with Gasteiger partial charge in [0.25, 0.3) is 0 Å². The Bertz CT molecular complexity index is 888. The van der Waals surface area contributed by atoms with Crippen LogP contribution in [0, 0.1) is 0 Å². The van der Waals surface area contributed by atoms with Crippen molar-refractivity contribution < 1.29 is 12.8 Å². The van der Waals surface area contributed by atoms with E-state index < -0.39 is 10.0 Å². The van der Waals surface area contributed by atoms with E-state index in [2.05, 4.69) is 4.72 Å². The van der Waals surface area contributed by atoms with Gasteiger partial charge in [-0.1, -0.05) is 48.0 Å². The van der Waals surface area contributed by atoms with E-state index >= 15 is 0 Å². The Morgan fingerprint density at radius 1 is 0.957 bits per heavy atom. The molecular formula is C17H14ClNO3S. The molecule has 0 spiro atoms. The molecular weight excluding hydrogens is 334 g/mol. The molecule has 2 aromatic carbocycles. The van der Waals surface area contributed by atoms with E-state index in [0.717, 1.165) is 16.7 Å². The predicted molar refractivity (Wildman–Crippen MR) is 89.6 cm³/mol. The smallest absolute Gasteiger partial charge is 0.242 e. The molecule has 1 heterocycles. The Morgan fingerprint density at radius 3 is 2.35 bits per heavy atom. The zero-order chi connectivity index (χ0) is 16.3. The molecule has 1 aromatic heterocycles. The molecule has 6 heteroatoms. The summed E-state index contributed by atoms with van der Waals surface area (Å²) < 4.78 is 32.1. The average molecular weight is 348 g/mol. The van der Waals surface area contributed by atoms with Crippen molar-refractivity contribution in [2.24, 2.45) is 0 Å². The summed E-state index contributed by atoms with van der Waals surface area (Å²) in [6.45, 7) is 0.194. The largest absolute Gasteiger partial charge is 0.472 e. The third-order valence-electron chi connectivity index (χ3n) is 3.40. The maximum Gasteiger partial charge on any atom is 0.242 e. The van der Waals surface area contributed by atoms with Crippen LogP contribution in [-0.2, 0) is 16.6 Å². The fourth-order valence-electron chi connectivity index (χ4n) is 2.16. The van der Waals surface area contributed by atoms with Crippen molar-refractivity contribution in [1.29, 1.82) is 0 Å². The molecule has 0 fully saturated rings. The van der Waals surface area contributed by atoms with Gasteiger partial charge in [-0.2, -0.15) is 0 Å². The van der Waals surface area contributed by atoms with Crippen LogP contribution in [0.2, 0.25) is 5.02 Å². The highest BCUT2D eigenvalue weighted by atomic mass is 35.5. The van der Waals surface area contributed by atoms with Gasteiger partial charge in [0.1, 0.15) is 4.90 Å². The minimum Gasteiger partial charge on any atom is -0.472 e. The normalized spacial score (nSPS) is 11.5. The van der Waals surface area contributed by atoms with Crippen LogP contribution < -0.4 is 4.72 Å². The average Bonchev–Trinajstić information content (AvgIpc) is 3.08. The second-order valence-electron chi connectivity index (χ2n) is 4.96. The first kappa shape index (κ1) is 15.8. The molecule has 0 unspecified atom stereocenters. The number of furan rings is 1. The highest BCUT2D eigenvalue weighted by Gasteiger charge is 2.16. The van der Waals surface area contributed by atoms with Crippen LogP contribution in [0.1, 0.15) is 5.56 Å². The molecule has 0 saturated heterocycles. The van der Waals surface area contributed by atoms with E-state index in [4.69, 9.17) is 16.0 Å². The zero-order valence-corrected chi connectivity index (χ0v) is 13.6. The number of sulfonamides is 1. The number of hydrogen-bond acceptors (Lipinski definition) is 3. The first-order valence-electron chi connectivity index (χ1n) is 6.92. The minimum atomic E-state index is -3.64. The maximum absolute atomic E-state index is 12.3. The van der Waals surface area contributed by atoms with Gasteiger partial charge < -0.3 is 4.42 Å². The molecule has 0 saturated carbocycles. The predicted octanol–water partition coefficient (Wildman–Crippen LogP) is 4.08. The summed E-state index contributed by atoms with van der Waals surface area (Å²) in [5.74, 6) is 0. The molecule has 0 aliphatic rings. The van der Waals surface area contributed by atoms with Crippen molar-refractivity contribution in [3.63, 3.8) is 0 Å². The lowest BCUT2D eigenvalue weighted by Gasteiger charge is -2.08. The highest BCUT2D eigenvalue weighted by Crippen LogP contribution is 2.22. The van der Waals surface area contributed by atoms with E-state index in [0.29, 0.717) is 0 Å². The Labute approximate surface area is 139 Å². The molecule has 0 amide bonds. The molecule has 3 aromatic rings. The molecule has 0 atom stereocenters. The van der Waals surface area contributed by atoms with Gasteiger partial charge in [0, 0.05) is 12.1 Å². The lowest BCUT2D eigenvalue weighted by molar-refractivity contribution is 0.568. The minimum absolute atomic E-state index is 0.0803. The molecule has 23 heavy (non-hydrogen) atoms. The summed E-state index contributed by atoms with van der Waals surface area (Å²) in [5.41, 5.74) is 2.84. The van der Waals surface area contributed by atoms with Gasteiger partial charge >= 0.3 is 0 Å². The molecule has 1 N–H and O–H groups in total. The molecule has 4 nitrogen and oxygen atoms in total. The summed E-state index contributed by atoms with van der Waals surface area (Å²) in [6, 6.07) is 15.8. The van der Waals surface area contributed by atoms with Crippen LogP contribution in [0.5, 0.6) is 0 Å². The van der Waals surface area contributed by atoms with Crippen molar-refractivity contribution in [3.05, 3.63) is 77.7 Å². The van der Waals surface area contributed by atoms with Crippen LogP contribution in [0.25, 0.3) is 11.1 Å². The maximum atomic E-state index is 12.3. The monoisotopic (exact) mass is 347 g/mol. The zero-order valence-electron chi connectivity index (χ0n) is 12.1. The first-order chi connectivity index (χ1) is 11.1. The quantitative estimate of drug-likeness (QED) is 0.756. The Morgan fingerprint density at radius 2 is 1.70 bits per heavy atom. The van der Waals surface area contributed by atoms with E-state index in [9.17, 15) is 8.42 Å². The van der Waals surface area contributed by atoms with Crippen molar-refractivity contribution in [2.45, 2.75) is 11.4 Å². The summed E-state index contributed by atoms with van der Waals surface area (Å²) >= 11 is 5.94. The number of hydrogen-bond donors (Lipinski definition) is 1. The SMILES string of the molecule is O=S(=O)(NCc1ccc(-c2ccoc2)cc1)c1ccccc1Cl. The third kappa shape index (κ3) is 3.64.